The molecule has 1 aromatic carbocycles. The molecule has 146 valence electrons. The zero-order chi connectivity index (χ0) is 19.8. The van der Waals surface area contributed by atoms with Crippen LogP contribution in [0, 0.1) is 10.1 Å². The van der Waals surface area contributed by atoms with Gasteiger partial charge < -0.3 is 19.2 Å². The van der Waals surface area contributed by atoms with Gasteiger partial charge in [-0.05, 0) is 38.5 Å². The first-order valence-electron chi connectivity index (χ1n) is 8.42. The maximum absolute atomic E-state index is 12.0. The monoisotopic (exact) mass is 396 g/mol. The Morgan fingerprint density at radius 2 is 2.11 bits per heavy atom. The van der Waals surface area contributed by atoms with Crippen LogP contribution in [0.4, 0.5) is 5.69 Å². The van der Waals surface area contributed by atoms with Gasteiger partial charge in [0, 0.05) is 19.2 Å². The first-order valence-corrected chi connectivity index (χ1v) is 8.80. The van der Waals surface area contributed by atoms with Crippen LogP contribution < -0.4 is 10.1 Å². The number of non-ortho nitro benzene ring substituents is 1. The summed E-state index contributed by atoms with van der Waals surface area (Å²) in [7, 11) is 0. The minimum absolute atomic E-state index is 0.0175. The van der Waals surface area contributed by atoms with Crippen LogP contribution in [0.25, 0.3) is 0 Å². The second kappa shape index (κ2) is 9.94. The fourth-order valence-corrected chi connectivity index (χ4v) is 2.29. The van der Waals surface area contributed by atoms with E-state index >= 15 is 0 Å². The highest BCUT2D eigenvalue weighted by Crippen LogP contribution is 2.29. The molecule has 0 bridgehead atoms. The molecule has 0 saturated heterocycles. The lowest BCUT2D eigenvalue weighted by molar-refractivity contribution is -0.384. The fraction of sp³-hybridized carbons (Fsp3) is 0.389. The zero-order valence-corrected chi connectivity index (χ0v) is 15.8. The van der Waals surface area contributed by atoms with E-state index in [-0.39, 0.29) is 40.8 Å². The van der Waals surface area contributed by atoms with Gasteiger partial charge >= 0.3 is 0 Å². The van der Waals surface area contributed by atoms with E-state index in [2.05, 4.69) is 5.32 Å². The van der Waals surface area contributed by atoms with Crippen molar-refractivity contribution in [3.05, 3.63) is 57.0 Å². The molecule has 9 heteroatoms. The maximum Gasteiger partial charge on any atom is 0.286 e. The van der Waals surface area contributed by atoms with Crippen LogP contribution >= 0.6 is 11.6 Å². The summed E-state index contributed by atoms with van der Waals surface area (Å²) in [6, 6.07) is 7.05. The number of benzene rings is 1. The Morgan fingerprint density at radius 1 is 1.33 bits per heavy atom. The van der Waals surface area contributed by atoms with Crippen molar-refractivity contribution in [1.82, 2.24) is 5.32 Å². The van der Waals surface area contributed by atoms with E-state index in [1.165, 1.54) is 24.3 Å². The smallest absolute Gasteiger partial charge is 0.286 e. The van der Waals surface area contributed by atoms with Crippen molar-refractivity contribution in [2.24, 2.45) is 0 Å². The van der Waals surface area contributed by atoms with Gasteiger partial charge in [0.1, 0.15) is 18.1 Å². The Kier molecular flexibility index (Phi) is 7.63. The average Bonchev–Trinajstić information content (AvgIpc) is 3.09. The van der Waals surface area contributed by atoms with Crippen LogP contribution in [0.1, 0.15) is 36.6 Å². The van der Waals surface area contributed by atoms with Crippen LogP contribution in [-0.2, 0) is 11.3 Å². The van der Waals surface area contributed by atoms with Crippen molar-refractivity contribution in [3.63, 3.8) is 0 Å². The minimum Gasteiger partial charge on any atom is -0.484 e. The van der Waals surface area contributed by atoms with Crippen molar-refractivity contribution < 1.29 is 23.6 Å². The summed E-state index contributed by atoms with van der Waals surface area (Å²) in [5.74, 6) is 0.381. The molecule has 0 aliphatic rings. The quantitative estimate of drug-likeness (QED) is 0.370. The summed E-state index contributed by atoms with van der Waals surface area (Å²) in [6.07, 6.45) is 0.860. The molecule has 0 spiro atoms. The molecule has 0 unspecified atom stereocenters. The molecule has 0 aliphatic carbocycles. The highest BCUT2D eigenvalue weighted by molar-refractivity contribution is 6.32. The number of nitro benzene ring substituents is 1. The van der Waals surface area contributed by atoms with Gasteiger partial charge in [0.25, 0.3) is 11.6 Å². The predicted octanol–water partition coefficient (Wildman–Crippen LogP) is 3.97. The van der Waals surface area contributed by atoms with E-state index in [1.807, 2.05) is 13.8 Å². The molecule has 0 atom stereocenters. The number of nitrogens with one attached hydrogen (secondary N) is 1. The largest absolute Gasteiger partial charge is 0.484 e. The minimum atomic E-state index is -0.537. The molecule has 2 rings (SSSR count). The maximum atomic E-state index is 12.0. The number of hydrogen-bond acceptors (Lipinski definition) is 6. The van der Waals surface area contributed by atoms with E-state index in [1.54, 1.807) is 6.07 Å². The third-order valence-electron chi connectivity index (χ3n) is 3.44. The van der Waals surface area contributed by atoms with Crippen LogP contribution in [0.3, 0.4) is 0 Å². The van der Waals surface area contributed by atoms with Gasteiger partial charge in [0.15, 0.2) is 5.76 Å². The number of amides is 1. The molecule has 0 radical (unpaired) electrons. The first kappa shape index (κ1) is 20.7. The number of carbonyl (C=O) groups is 1. The number of nitrogens with zero attached hydrogens (tertiary/aromatic N) is 1. The lowest BCUT2D eigenvalue weighted by Crippen LogP contribution is -2.25. The Labute approximate surface area is 161 Å². The van der Waals surface area contributed by atoms with Gasteiger partial charge in [-0.2, -0.15) is 0 Å². The van der Waals surface area contributed by atoms with Crippen molar-refractivity contribution in [2.75, 3.05) is 13.2 Å². The summed E-state index contributed by atoms with van der Waals surface area (Å²) in [5, 5.41) is 13.8. The van der Waals surface area contributed by atoms with E-state index in [0.29, 0.717) is 25.3 Å². The third-order valence-corrected chi connectivity index (χ3v) is 3.75. The van der Waals surface area contributed by atoms with E-state index in [0.717, 1.165) is 0 Å². The number of rotatable bonds is 10. The van der Waals surface area contributed by atoms with Crippen molar-refractivity contribution in [2.45, 2.75) is 33.0 Å². The number of halogens is 1. The second-order valence-corrected chi connectivity index (χ2v) is 6.36. The summed E-state index contributed by atoms with van der Waals surface area (Å²) >= 11 is 5.97. The van der Waals surface area contributed by atoms with Gasteiger partial charge in [-0.15, -0.1) is 0 Å². The Morgan fingerprint density at radius 3 is 2.81 bits per heavy atom. The second-order valence-electron chi connectivity index (χ2n) is 5.96. The van der Waals surface area contributed by atoms with Gasteiger partial charge in [-0.25, -0.2) is 0 Å². The Balaban J connectivity index is 1.84. The highest BCUT2D eigenvalue weighted by Gasteiger charge is 2.14. The van der Waals surface area contributed by atoms with Gasteiger partial charge in [0.05, 0.1) is 22.1 Å². The molecule has 1 N–H and O–H groups in total. The molecular formula is C18H21ClN2O6. The summed E-state index contributed by atoms with van der Waals surface area (Å²) < 4.78 is 16.3. The fourth-order valence-electron chi connectivity index (χ4n) is 2.12. The van der Waals surface area contributed by atoms with Gasteiger partial charge in [-0.1, -0.05) is 11.6 Å². The van der Waals surface area contributed by atoms with Crippen molar-refractivity contribution >= 4 is 23.2 Å². The Hall–Kier alpha value is -2.58. The predicted molar refractivity (Wildman–Crippen MR) is 99.2 cm³/mol. The Bertz CT molecular complexity index is 790. The topological polar surface area (TPSA) is 104 Å². The molecule has 0 fully saturated rings. The number of ether oxygens (including phenoxy) is 2. The molecule has 1 aromatic heterocycles. The number of hydrogen-bond donors (Lipinski definition) is 1. The van der Waals surface area contributed by atoms with Crippen molar-refractivity contribution in [3.8, 4) is 5.75 Å². The van der Waals surface area contributed by atoms with E-state index in [9.17, 15) is 14.9 Å². The van der Waals surface area contributed by atoms with Gasteiger partial charge in [0.2, 0.25) is 0 Å². The van der Waals surface area contributed by atoms with Crippen LogP contribution in [-0.4, -0.2) is 30.1 Å². The summed E-state index contributed by atoms with van der Waals surface area (Å²) in [4.78, 5) is 22.3. The molecule has 0 aliphatic heterocycles. The van der Waals surface area contributed by atoms with Crippen LogP contribution in [0.5, 0.6) is 5.75 Å². The lowest BCUT2D eigenvalue weighted by Gasteiger charge is -2.07. The highest BCUT2D eigenvalue weighted by atomic mass is 35.5. The van der Waals surface area contributed by atoms with Crippen LogP contribution in [0.2, 0.25) is 5.02 Å². The SMILES string of the molecule is CC(C)OCCCNC(=O)c1ccc(COc2cc([N+](=O)[O-])ccc2Cl)o1. The molecule has 8 nitrogen and oxygen atoms in total. The standard InChI is InChI=1S/C18H21ClN2O6/c1-12(2)25-9-3-8-20-18(22)16-7-5-14(27-16)11-26-17-10-13(21(23)24)4-6-15(17)19/h4-7,10,12H,3,8-9,11H2,1-2H3,(H,20,22). The normalized spacial score (nSPS) is 10.8. The van der Waals surface area contributed by atoms with E-state index in [4.69, 9.17) is 25.5 Å². The van der Waals surface area contributed by atoms with E-state index < -0.39 is 4.92 Å². The van der Waals surface area contributed by atoms with Crippen molar-refractivity contribution in [1.29, 1.82) is 0 Å². The number of furan rings is 1. The van der Waals surface area contributed by atoms with Crippen LogP contribution in [0.15, 0.2) is 34.7 Å². The molecule has 1 amide bonds. The molecule has 0 saturated carbocycles. The lowest BCUT2D eigenvalue weighted by atomic mass is 10.3. The first-order chi connectivity index (χ1) is 12.9. The third kappa shape index (κ3) is 6.58. The molecule has 2 aromatic rings. The molecule has 27 heavy (non-hydrogen) atoms. The summed E-state index contributed by atoms with van der Waals surface area (Å²) in [5.41, 5.74) is -0.129. The zero-order valence-electron chi connectivity index (χ0n) is 15.1. The van der Waals surface area contributed by atoms with Gasteiger partial charge in [-0.3, -0.25) is 14.9 Å². The number of carbonyl (C=O) groups excluding carboxylic acids is 1. The summed E-state index contributed by atoms with van der Waals surface area (Å²) in [6.45, 7) is 4.93. The molecule has 1 heterocycles. The number of nitro groups is 1. The molecular weight excluding hydrogens is 376 g/mol. The average molecular weight is 397 g/mol.